The van der Waals surface area contributed by atoms with Crippen molar-refractivity contribution < 1.29 is 4.42 Å². The smallest absolute Gasteiger partial charge is 0.227 e. The van der Waals surface area contributed by atoms with Gasteiger partial charge in [-0.1, -0.05) is 41.4 Å². The highest BCUT2D eigenvalue weighted by Gasteiger charge is 2.09. The van der Waals surface area contributed by atoms with Crippen LogP contribution in [0.2, 0.25) is 10.0 Å². The number of hydrogen-bond acceptors (Lipinski definition) is 3. The average molecular weight is 421 g/mol. The van der Waals surface area contributed by atoms with Gasteiger partial charge in [-0.3, -0.25) is 4.99 Å². The van der Waals surface area contributed by atoms with E-state index in [2.05, 4.69) is 36.0 Å². The van der Waals surface area contributed by atoms with E-state index in [0.717, 1.165) is 27.9 Å². The van der Waals surface area contributed by atoms with Crippen molar-refractivity contribution in [3.05, 3.63) is 87.4 Å². The highest BCUT2D eigenvalue weighted by molar-refractivity contribution is 6.35. The molecule has 0 N–H and O–H groups in total. The second-order valence-corrected chi connectivity index (χ2v) is 7.62. The Kier molecular flexibility index (Phi) is 5.52. The molecule has 0 unspecified atom stereocenters. The molecule has 0 saturated heterocycles. The molecule has 0 fully saturated rings. The molecule has 3 nitrogen and oxygen atoms in total. The predicted octanol–water partition coefficient (Wildman–Crippen LogP) is 7.83. The van der Waals surface area contributed by atoms with Gasteiger partial charge in [0.25, 0.3) is 0 Å². The van der Waals surface area contributed by atoms with E-state index in [0.29, 0.717) is 15.9 Å². The summed E-state index contributed by atoms with van der Waals surface area (Å²) in [5, 5.41) is 1.21. The summed E-state index contributed by atoms with van der Waals surface area (Å²) >= 11 is 12.1. The van der Waals surface area contributed by atoms with Gasteiger partial charge in [0.15, 0.2) is 5.58 Å². The van der Waals surface area contributed by atoms with Crippen LogP contribution >= 0.6 is 23.2 Å². The molecule has 0 aliphatic rings. The van der Waals surface area contributed by atoms with E-state index in [-0.39, 0.29) is 0 Å². The number of aliphatic imine (C=N–C) groups is 1. The summed E-state index contributed by atoms with van der Waals surface area (Å²) in [6.45, 7) is 4.17. The molecule has 1 heterocycles. The van der Waals surface area contributed by atoms with E-state index in [1.54, 1.807) is 18.3 Å². The highest BCUT2D eigenvalue weighted by Crippen LogP contribution is 2.28. The third kappa shape index (κ3) is 4.42. The molecule has 0 atom stereocenters. The van der Waals surface area contributed by atoms with Crippen LogP contribution in [0.4, 0.5) is 5.69 Å². The summed E-state index contributed by atoms with van der Waals surface area (Å²) in [5.74, 6) is 0.613. The van der Waals surface area contributed by atoms with Crippen molar-refractivity contribution in [3.8, 4) is 11.5 Å². The van der Waals surface area contributed by atoms with E-state index in [1.165, 1.54) is 11.1 Å². The van der Waals surface area contributed by atoms with Crippen molar-refractivity contribution in [2.75, 3.05) is 0 Å². The van der Waals surface area contributed by atoms with Gasteiger partial charge in [-0.05, 0) is 79.1 Å². The third-order valence-corrected chi connectivity index (χ3v) is 5.24. The maximum absolute atomic E-state index is 6.16. The van der Waals surface area contributed by atoms with E-state index in [1.807, 2.05) is 42.5 Å². The molecule has 4 rings (SSSR count). The largest absolute Gasteiger partial charge is 0.436 e. The molecule has 0 aliphatic heterocycles. The number of aryl methyl sites for hydroxylation is 2. The first kappa shape index (κ1) is 19.4. The van der Waals surface area contributed by atoms with Gasteiger partial charge in [0.2, 0.25) is 5.89 Å². The molecule has 0 bridgehead atoms. The average Bonchev–Trinajstić information content (AvgIpc) is 3.12. The summed E-state index contributed by atoms with van der Waals surface area (Å²) in [4.78, 5) is 9.09. The van der Waals surface area contributed by atoms with Crippen LogP contribution in [0.5, 0.6) is 0 Å². The topological polar surface area (TPSA) is 38.4 Å². The lowest BCUT2D eigenvalue weighted by molar-refractivity contribution is 0.620. The SMILES string of the molecule is Cc1ccc(-c2nc3cc(N=C/C=C\c4ccc(Cl)cc4Cl)ccc3o2)cc1C. The minimum absolute atomic E-state index is 0.602. The van der Waals surface area contributed by atoms with Crippen molar-refractivity contribution in [3.63, 3.8) is 0 Å². The summed E-state index contributed by atoms with van der Waals surface area (Å²) in [6, 6.07) is 17.3. The van der Waals surface area contributed by atoms with Gasteiger partial charge < -0.3 is 4.42 Å². The Morgan fingerprint density at radius 2 is 1.79 bits per heavy atom. The van der Waals surface area contributed by atoms with Crippen LogP contribution in [0.1, 0.15) is 16.7 Å². The number of fused-ring (bicyclic) bond motifs is 1. The lowest BCUT2D eigenvalue weighted by Gasteiger charge is -2.01. The van der Waals surface area contributed by atoms with Crippen molar-refractivity contribution in [1.82, 2.24) is 4.98 Å². The molecule has 4 aromatic rings. The number of hydrogen-bond donors (Lipinski definition) is 0. The van der Waals surface area contributed by atoms with Crippen LogP contribution in [0.3, 0.4) is 0 Å². The predicted molar refractivity (Wildman–Crippen MR) is 123 cm³/mol. The Labute approximate surface area is 179 Å². The molecule has 144 valence electrons. The fourth-order valence-corrected chi connectivity index (χ4v) is 3.38. The van der Waals surface area contributed by atoms with Gasteiger partial charge in [-0.25, -0.2) is 4.98 Å². The first-order valence-electron chi connectivity index (χ1n) is 9.13. The Morgan fingerprint density at radius 3 is 2.59 bits per heavy atom. The number of allylic oxidation sites excluding steroid dienone is 1. The van der Waals surface area contributed by atoms with Crippen LogP contribution in [0.25, 0.3) is 28.6 Å². The Morgan fingerprint density at radius 1 is 0.931 bits per heavy atom. The molecular formula is C24H18Cl2N2O. The van der Waals surface area contributed by atoms with Crippen molar-refractivity contribution in [2.24, 2.45) is 4.99 Å². The van der Waals surface area contributed by atoms with E-state index < -0.39 is 0 Å². The van der Waals surface area contributed by atoms with E-state index in [9.17, 15) is 0 Å². The molecule has 0 amide bonds. The van der Waals surface area contributed by atoms with Gasteiger partial charge in [0.05, 0.1) is 5.69 Å². The second-order valence-electron chi connectivity index (χ2n) is 6.77. The summed E-state index contributed by atoms with van der Waals surface area (Å²) in [6.07, 6.45) is 5.44. The zero-order valence-electron chi connectivity index (χ0n) is 16.0. The molecule has 1 aromatic heterocycles. The number of nitrogens with zero attached hydrogens (tertiary/aromatic N) is 2. The van der Waals surface area contributed by atoms with E-state index >= 15 is 0 Å². The number of benzene rings is 3. The van der Waals surface area contributed by atoms with Gasteiger partial charge in [0, 0.05) is 21.8 Å². The number of halogens is 2. The third-order valence-electron chi connectivity index (χ3n) is 4.67. The lowest BCUT2D eigenvalue weighted by atomic mass is 10.1. The highest BCUT2D eigenvalue weighted by atomic mass is 35.5. The maximum atomic E-state index is 6.16. The Hall–Kier alpha value is -2.88. The zero-order chi connectivity index (χ0) is 20.4. The molecule has 5 heteroatoms. The molecule has 0 spiro atoms. The van der Waals surface area contributed by atoms with Crippen molar-refractivity contribution in [2.45, 2.75) is 13.8 Å². The summed E-state index contributed by atoms with van der Waals surface area (Å²) in [7, 11) is 0. The zero-order valence-corrected chi connectivity index (χ0v) is 17.5. The van der Waals surface area contributed by atoms with Crippen molar-refractivity contribution in [1.29, 1.82) is 0 Å². The monoisotopic (exact) mass is 420 g/mol. The first-order chi connectivity index (χ1) is 14.0. The minimum Gasteiger partial charge on any atom is -0.436 e. The first-order valence-corrected chi connectivity index (χ1v) is 9.89. The Bertz CT molecular complexity index is 1260. The molecule has 0 saturated carbocycles. The standard InChI is InChI=1S/C24H18Cl2N2O/c1-15-5-6-18(12-16(15)2)24-28-22-14-20(9-10-23(22)29-24)27-11-3-4-17-7-8-19(25)13-21(17)26/h3-14H,1-2H3/b4-3-,27-11?. The molecule has 0 radical (unpaired) electrons. The molecule has 3 aromatic carbocycles. The minimum atomic E-state index is 0.602. The number of oxazole rings is 1. The second kappa shape index (κ2) is 8.24. The van der Waals surface area contributed by atoms with Gasteiger partial charge >= 0.3 is 0 Å². The fourth-order valence-electron chi connectivity index (χ4n) is 2.91. The van der Waals surface area contributed by atoms with Gasteiger partial charge in [-0.15, -0.1) is 0 Å². The van der Waals surface area contributed by atoms with E-state index in [4.69, 9.17) is 27.6 Å². The van der Waals surface area contributed by atoms with Crippen molar-refractivity contribution >= 4 is 52.3 Å². The quantitative estimate of drug-likeness (QED) is 0.315. The normalized spacial score (nSPS) is 11.9. The molecular weight excluding hydrogens is 403 g/mol. The van der Waals surface area contributed by atoms with Gasteiger partial charge in [0.1, 0.15) is 5.52 Å². The van der Waals surface area contributed by atoms with Crippen LogP contribution in [-0.2, 0) is 0 Å². The lowest BCUT2D eigenvalue weighted by Crippen LogP contribution is -1.83. The van der Waals surface area contributed by atoms with Crippen LogP contribution in [0.15, 0.2) is 70.1 Å². The Balaban J connectivity index is 1.55. The van der Waals surface area contributed by atoms with Gasteiger partial charge in [-0.2, -0.15) is 0 Å². The maximum Gasteiger partial charge on any atom is 0.227 e. The molecule has 29 heavy (non-hydrogen) atoms. The number of aromatic nitrogens is 1. The van der Waals surface area contributed by atoms with Crippen LogP contribution in [0, 0.1) is 13.8 Å². The molecule has 0 aliphatic carbocycles. The fraction of sp³-hybridized carbons (Fsp3) is 0.0833. The summed E-state index contributed by atoms with van der Waals surface area (Å²) < 4.78 is 5.91. The van der Waals surface area contributed by atoms with Crippen LogP contribution < -0.4 is 0 Å². The van der Waals surface area contributed by atoms with Crippen LogP contribution in [-0.4, -0.2) is 11.2 Å². The number of rotatable bonds is 4. The summed E-state index contributed by atoms with van der Waals surface area (Å²) in [5.41, 5.74) is 6.62.